The number of carboxylic acids is 1. The molecule has 106 valence electrons. The van der Waals surface area contributed by atoms with E-state index in [2.05, 4.69) is 4.72 Å². The molecule has 2 aromatic rings. The van der Waals surface area contributed by atoms with Crippen LogP contribution in [0.5, 0.6) is 0 Å². The topological polar surface area (TPSA) is 88.4 Å². The van der Waals surface area contributed by atoms with Crippen molar-refractivity contribution in [3.05, 3.63) is 48.0 Å². The number of aromatic nitrogens is 1. The van der Waals surface area contributed by atoms with Crippen LogP contribution in [0.3, 0.4) is 0 Å². The Bertz CT molecular complexity index is 768. The van der Waals surface area contributed by atoms with Gasteiger partial charge >= 0.3 is 5.97 Å². The van der Waals surface area contributed by atoms with Gasteiger partial charge in [-0.1, -0.05) is 0 Å². The average Bonchev–Trinajstić information content (AvgIpc) is 2.79. The Morgan fingerprint density at radius 2 is 2.05 bits per heavy atom. The zero-order valence-corrected chi connectivity index (χ0v) is 11.2. The second-order valence-corrected chi connectivity index (χ2v) is 5.80. The molecular weight excluding hydrogens is 287 g/mol. The molecule has 20 heavy (non-hydrogen) atoms. The molecule has 2 N–H and O–H groups in total. The summed E-state index contributed by atoms with van der Waals surface area (Å²) in [6, 6.07) is 4.31. The largest absolute Gasteiger partial charge is 0.478 e. The minimum atomic E-state index is -3.91. The third-order valence-corrected chi connectivity index (χ3v) is 3.93. The van der Waals surface area contributed by atoms with E-state index in [9.17, 15) is 17.6 Å². The Balaban J connectivity index is 2.32. The summed E-state index contributed by atoms with van der Waals surface area (Å²) in [6.07, 6.45) is 2.91. The van der Waals surface area contributed by atoms with Crippen molar-refractivity contribution in [2.24, 2.45) is 7.05 Å². The fraction of sp³-hybridized carbons (Fsp3) is 0.0833. The Hall–Kier alpha value is -2.35. The molecule has 0 spiro atoms. The van der Waals surface area contributed by atoms with Crippen LogP contribution in [0.25, 0.3) is 0 Å². The monoisotopic (exact) mass is 298 g/mol. The highest BCUT2D eigenvalue weighted by Gasteiger charge is 2.18. The van der Waals surface area contributed by atoms with Crippen molar-refractivity contribution in [2.45, 2.75) is 4.90 Å². The standard InChI is InChI=1S/C12H11FN2O4S/c1-15-5-4-9(7-15)20(18,19)14-11-3-2-8(12(16)17)6-10(11)13/h2-7,14H,1H3,(H,16,17). The predicted octanol–water partition coefficient (Wildman–Crippen LogP) is 1.66. The lowest BCUT2D eigenvalue weighted by molar-refractivity contribution is 0.0696. The van der Waals surface area contributed by atoms with Gasteiger partial charge < -0.3 is 9.67 Å². The van der Waals surface area contributed by atoms with Gasteiger partial charge in [0.15, 0.2) is 0 Å². The number of aryl methyl sites for hydroxylation is 1. The summed E-state index contributed by atoms with van der Waals surface area (Å²) >= 11 is 0. The molecule has 0 aliphatic rings. The lowest BCUT2D eigenvalue weighted by Crippen LogP contribution is -2.13. The van der Waals surface area contributed by atoms with E-state index in [-0.39, 0.29) is 16.1 Å². The van der Waals surface area contributed by atoms with Gasteiger partial charge in [0.1, 0.15) is 10.7 Å². The van der Waals surface area contributed by atoms with Crippen molar-refractivity contribution in [1.82, 2.24) is 4.57 Å². The van der Waals surface area contributed by atoms with Crippen LogP contribution < -0.4 is 4.72 Å². The zero-order chi connectivity index (χ0) is 14.9. The normalized spacial score (nSPS) is 11.3. The fourth-order valence-electron chi connectivity index (χ4n) is 1.57. The van der Waals surface area contributed by atoms with Crippen molar-refractivity contribution in [2.75, 3.05) is 4.72 Å². The smallest absolute Gasteiger partial charge is 0.335 e. The highest BCUT2D eigenvalue weighted by atomic mass is 32.2. The van der Waals surface area contributed by atoms with Crippen LogP contribution in [-0.4, -0.2) is 24.1 Å². The molecule has 0 saturated carbocycles. The molecule has 0 bridgehead atoms. The van der Waals surface area contributed by atoms with Crippen LogP contribution in [0.2, 0.25) is 0 Å². The highest BCUT2D eigenvalue weighted by Crippen LogP contribution is 2.20. The zero-order valence-electron chi connectivity index (χ0n) is 10.4. The second-order valence-electron chi connectivity index (χ2n) is 4.12. The SMILES string of the molecule is Cn1ccc(S(=O)(=O)Nc2ccc(C(=O)O)cc2F)c1. The summed E-state index contributed by atoms with van der Waals surface area (Å²) in [5.41, 5.74) is -0.566. The lowest BCUT2D eigenvalue weighted by Gasteiger charge is -2.08. The molecule has 1 aromatic carbocycles. The Labute approximate surface area is 114 Å². The van der Waals surface area contributed by atoms with Crippen molar-refractivity contribution >= 4 is 21.7 Å². The summed E-state index contributed by atoms with van der Waals surface area (Å²) in [5.74, 6) is -2.24. The number of benzene rings is 1. The molecule has 1 heterocycles. The number of carboxylic acid groups (broad SMARTS) is 1. The first-order valence-electron chi connectivity index (χ1n) is 5.47. The van der Waals surface area contributed by atoms with Gasteiger partial charge in [-0.05, 0) is 24.3 Å². The lowest BCUT2D eigenvalue weighted by atomic mass is 10.2. The van der Waals surface area contributed by atoms with Crippen molar-refractivity contribution in [3.8, 4) is 0 Å². The van der Waals surface area contributed by atoms with E-state index in [1.54, 1.807) is 17.8 Å². The number of carbonyl (C=O) groups is 1. The van der Waals surface area contributed by atoms with Gasteiger partial charge in [0.05, 0.1) is 11.3 Å². The summed E-state index contributed by atoms with van der Waals surface area (Å²) in [5, 5.41) is 8.71. The molecule has 1 aromatic heterocycles. The summed E-state index contributed by atoms with van der Waals surface area (Å²) in [7, 11) is -2.25. The van der Waals surface area contributed by atoms with Gasteiger partial charge in [0.2, 0.25) is 0 Å². The molecule has 0 radical (unpaired) electrons. The number of halogens is 1. The molecular formula is C12H11FN2O4S. The van der Waals surface area contributed by atoms with Gasteiger partial charge in [0, 0.05) is 19.4 Å². The van der Waals surface area contributed by atoms with Crippen LogP contribution >= 0.6 is 0 Å². The molecule has 0 unspecified atom stereocenters. The third-order valence-electron chi connectivity index (χ3n) is 2.58. The average molecular weight is 298 g/mol. The number of sulfonamides is 1. The molecule has 0 aliphatic carbocycles. The number of hydrogen-bond acceptors (Lipinski definition) is 3. The van der Waals surface area contributed by atoms with Crippen LogP contribution in [0.1, 0.15) is 10.4 Å². The number of nitrogens with one attached hydrogen (secondary N) is 1. The minimum Gasteiger partial charge on any atom is -0.478 e. The Morgan fingerprint density at radius 3 is 2.55 bits per heavy atom. The van der Waals surface area contributed by atoms with E-state index < -0.39 is 21.8 Å². The first kappa shape index (κ1) is 14.1. The van der Waals surface area contributed by atoms with Gasteiger partial charge in [-0.25, -0.2) is 17.6 Å². The molecule has 0 amide bonds. The second kappa shape index (κ2) is 4.97. The Kier molecular flexibility index (Phi) is 3.49. The van der Waals surface area contributed by atoms with Gasteiger partial charge in [-0.3, -0.25) is 4.72 Å². The third kappa shape index (κ3) is 2.80. The first-order chi connectivity index (χ1) is 9.29. The number of nitrogens with zero attached hydrogens (tertiary/aromatic N) is 1. The molecule has 2 rings (SSSR count). The molecule has 8 heteroatoms. The van der Waals surface area contributed by atoms with Crippen molar-refractivity contribution in [1.29, 1.82) is 0 Å². The maximum absolute atomic E-state index is 13.7. The molecule has 0 saturated heterocycles. The quantitative estimate of drug-likeness (QED) is 0.898. The number of aromatic carboxylic acids is 1. The van der Waals surface area contributed by atoms with E-state index in [1.165, 1.54) is 12.3 Å². The van der Waals surface area contributed by atoms with Crippen LogP contribution in [0.15, 0.2) is 41.6 Å². The van der Waals surface area contributed by atoms with Gasteiger partial charge in [-0.15, -0.1) is 0 Å². The van der Waals surface area contributed by atoms with E-state index >= 15 is 0 Å². The predicted molar refractivity (Wildman–Crippen MR) is 69.6 cm³/mol. The fourth-order valence-corrected chi connectivity index (χ4v) is 2.69. The van der Waals surface area contributed by atoms with Crippen LogP contribution in [-0.2, 0) is 17.1 Å². The molecule has 0 atom stereocenters. The minimum absolute atomic E-state index is 0.0123. The van der Waals surface area contributed by atoms with E-state index in [4.69, 9.17) is 5.11 Å². The molecule has 0 aliphatic heterocycles. The summed E-state index contributed by atoms with van der Waals surface area (Å²) < 4.78 is 41.2. The molecule has 0 fully saturated rings. The highest BCUT2D eigenvalue weighted by molar-refractivity contribution is 7.92. The van der Waals surface area contributed by atoms with Gasteiger partial charge in [-0.2, -0.15) is 0 Å². The number of rotatable bonds is 4. The molecule has 6 nitrogen and oxygen atoms in total. The first-order valence-corrected chi connectivity index (χ1v) is 6.95. The number of anilines is 1. The number of hydrogen-bond donors (Lipinski definition) is 2. The van der Waals surface area contributed by atoms with Crippen LogP contribution in [0, 0.1) is 5.82 Å². The van der Waals surface area contributed by atoms with E-state index in [0.717, 1.165) is 18.2 Å². The summed E-state index contributed by atoms with van der Waals surface area (Å²) in [4.78, 5) is 10.7. The van der Waals surface area contributed by atoms with E-state index in [0.29, 0.717) is 0 Å². The Morgan fingerprint density at radius 1 is 1.35 bits per heavy atom. The summed E-state index contributed by atoms with van der Waals surface area (Å²) in [6.45, 7) is 0. The van der Waals surface area contributed by atoms with Gasteiger partial charge in [0.25, 0.3) is 10.0 Å². The maximum atomic E-state index is 13.7. The van der Waals surface area contributed by atoms with Crippen molar-refractivity contribution < 1.29 is 22.7 Å². The van der Waals surface area contributed by atoms with Crippen LogP contribution in [0.4, 0.5) is 10.1 Å². The maximum Gasteiger partial charge on any atom is 0.335 e. The van der Waals surface area contributed by atoms with E-state index in [1.807, 2.05) is 0 Å². The van der Waals surface area contributed by atoms with Crippen molar-refractivity contribution in [3.63, 3.8) is 0 Å².